The van der Waals surface area contributed by atoms with Gasteiger partial charge in [0, 0.05) is 24.6 Å². The van der Waals surface area contributed by atoms with E-state index in [1.807, 2.05) is 0 Å². The van der Waals surface area contributed by atoms with E-state index in [9.17, 15) is 24.3 Å². The first-order valence-electron chi connectivity index (χ1n) is 9.14. The highest BCUT2D eigenvalue weighted by Gasteiger charge is 2.29. The van der Waals surface area contributed by atoms with Crippen LogP contribution >= 0.6 is 0 Å². The van der Waals surface area contributed by atoms with Crippen molar-refractivity contribution in [3.63, 3.8) is 0 Å². The molecule has 154 valence electrons. The fourth-order valence-electron chi connectivity index (χ4n) is 3.44. The largest absolute Gasteiger partial charge is 0.504 e. The van der Waals surface area contributed by atoms with Gasteiger partial charge in [-0.1, -0.05) is 0 Å². The number of nitrogens with one attached hydrogen (secondary N) is 2. The molecule has 2 aliphatic heterocycles. The summed E-state index contributed by atoms with van der Waals surface area (Å²) in [5.41, 5.74) is 6.15. The zero-order valence-corrected chi connectivity index (χ0v) is 15.8. The van der Waals surface area contributed by atoms with Crippen molar-refractivity contribution < 1.29 is 24.6 Å². The molecule has 10 nitrogen and oxygen atoms in total. The molecule has 0 fully saturated rings. The highest BCUT2D eigenvalue weighted by atomic mass is 16.4. The molecule has 2 unspecified atom stereocenters. The maximum atomic E-state index is 12.3. The molecule has 10 heteroatoms. The molecule has 6 N–H and O–H groups in total. The molecule has 0 saturated carbocycles. The molecule has 29 heavy (non-hydrogen) atoms. The van der Waals surface area contributed by atoms with Gasteiger partial charge in [0.1, 0.15) is 11.9 Å². The second kappa shape index (κ2) is 7.92. The number of carbonyl (C=O) groups is 3. The fraction of sp³-hybridized carbons (Fsp3) is 0.368. The number of aromatic hydroxyl groups is 1. The van der Waals surface area contributed by atoms with Gasteiger partial charge in [-0.25, -0.2) is 0 Å². The quantitative estimate of drug-likeness (QED) is 0.472. The smallest absolute Gasteiger partial charge is 0.320 e. The zero-order valence-electron chi connectivity index (χ0n) is 15.8. The third-order valence-electron chi connectivity index (χ3n) is 4.93. The number of phenolic OH excluding ortho intramolecular Hbond substituents is 1. The Morgan fingerprint density at radius 2 is 2.07 bits per heavy atom. The summed E-state index contributed by atoms with van der Waals surface area (Å²) in [5, 5.41) is 24.5. The first kappa shape index (κ1) is 20.3. The number of aromatic nitrogens is 1. The number of hydrogen-bond donors (Lipinski definition) is 5. The lowest BCUT2D eigenvalue weighted by Crippen LogP contribution is -2.32. The Morgan fingerprint density at radius 1 is 1.34 bits per heavy atom. The van der Waals surface area contributed by atoms with E-state index in [2.05, 4.69) is 10.6 Å². The molecule has 0 radical (unpaired) electrons. The number of carbonyl (C=O) groups excluding carboxylic acids is 2. The van der Waals surface area contributed by atoms with Crippen LogP contribution in [0, 0.1) is 0 Å². The maximum absolute atomic E-state index is 12.3. The van der Waals surface area contributed by atoms with Gasteiger partial charge in [0.15, 0.2) is 11.5 Å². The Balaban J connectivity index is 2.04. The summed E-state index contributed by atoms with van der Waals surface area (Å²) in [6.07, 6.45) is 0.363. The number of nitrogens with zero attached hydrogens (tertiary/aromatic N) is 1. The van der Waals surface area contributed by atoms with Gasteiger partial charge >= 0.3 is 5.97 Å². The van der Waals surface area contributed by atoms with E-state index >= 15 is 0 Å². The minimum Gasteiger partial charge on any atom is -0.504 e. The van der Waals surface area contributed by atoms with Gasteiger partial charge in [-0.05, 0) is 31.9 Å². The second-order valence-corrected chi connectivity index (χ2v) is 7.03. The molecule has 3 rings (SSSR count). The van der Waals surface area contributed by atoms with Crippen LogP contribution in [0.25, 0.3) is 11.3 Å². The Hall–Kier alpha value is -3.40. The number of Topliss-reactive ketones (excluding diaryl/α,β-unsaturated/α-hetero) is 1. The van der Waals surface area contributed by atoms with E-state index in [-0.39, 0.29) is 18.6 Å². The van der Waals surface area contributed by atoms with Crippen LogP contribution in [0.1, 0.15) is 32.2 Å². The lowest BCUT2D eigenvalue weighted by molar-refractivity contribution is -0.138. The number of phenols is 1. The molecular weight excluding hydrogens is 380 g/mol. The number of carboxylic acid groups (broad SMARTS) is 1. The van der Waals surface area contributed by atoms with Gasteiger partial charge in [0.05, 0.1) is 17.4 Å². The van der Waals surface area contributed by atoms with Crippen molar-refractivity contribution in [2.75, 3.05) is 17.2 Å². The van der Waals surface area contributed by atoms with Crippen LogP contribution in [0.2, 0.25) is 0 Å². The van der Waals surface area contributed by atoms with Crippen molar-refractivity contribution in [3.8, 4) is 17.0 Å². The molecule has 3 aliphatic rings. The number of benzene rings is 1. The number of aliphatic carboxylic acids is 1. The van der Waals surface area contributed by atoms with Crippen molar-refractivity contribution in [1.82, 2.24) is 4.57 Å². The van der Waals surface area contributed by atoms with E-state index in [4.69, 9.17) is 10.8 Å². The van der Waals surface area contributed by atoms with Crippen LogP contribution in [0.4, 0.5) is 11.5 Å². The summed E-state index contributed by atoms with van der Waals surface area (Å²) in [6, 6.07) is 2.45. The first-order chi connectivity index (χ1) is 13.7. The number of fused-ring (bicyclic) bond motifs is 3. The number of ketones is 1. The fourth-order valence-corrected chi connectivity index (χ4v) is 3.44. The first-order valence-corrected chi connectivity index (χ1v) is 9.14. The van der Waals surface area contributed by atoms with E-state index in [1.165, 1.54) is 19.1 Å². The standard InChI is InChI=1S/C19H22N4O6/c1-9(24)13-4-5-21-18-12(22-17(27)3-2-11(20)19(28)29)6-10-7-15(25)16(26)8-14(10)23(13)18/h6-8,11,13,21,25H,2-5,20H2,1H3,(H,22,27)(H,28,29). The third kappa shape index (κ3) is 4.06. The molecule has 2 heterocycles. The lowest BCUT2D eigenvalue weighted by atomic mass is 10.0. The average molecular weight is 402 g/mol. The molecule has 2 atom stereocenters. The Kier molecular flexibility index (Phi) is 5.55. The van der Waals surface area contributed by atoms with Crippen LogP contribution in [-0.4, -0.2) is 45.0 Å². The van der Waals surface area contributed by atoms with Gasteiger partial charge in [-0.3, -0.25) is 19.2 Å². The van der Waals surface area contributed by atoms with Crippen molar-refractivity contribution >= 4 is 29.2 Å². The highest BCUT2D eigenvalue weighted by Crippen LogP contribution is 2.39. The van der Waals surface area contributed by atoms with Gasteiger partial charge in [-0.2, -0.15) is 0 Å². The number of nitrogens with two attached hydrogens (primary N) is 1. The molecule has 1 amide bonds. The molecule has 0 aromatic rings. The van der Waals surface area contributed by atoms with Crippen LogP contribution in [0.15, 0.2) is 23.0 Å². The minimum atomic E-state index is -1.19. The lowest BCUT2D eigenvalue weighted by Gasteiger charge is -2.33. The maximum Gasteiger partial charge on any atom is 0.320 e. The Morgan fingerprint density at radius 3 is 2.72 bits per heavy atom. The van der Waals surface area contributed by atoms with Crippen LogP contribution < -0.4 is 21.8 Å². The summed E-state index contributed by atoms with van der Waals surface area (Å²) in [7, 11) is 0. The number of pyridine rings is 1. The predicted octanol–water partition coefficient (Wildman–Crippen LogP) is 0.735. The van der Waals surface area contributed by atoms with Crippen LogP contribution in [0.5, 0.6) is 5.75 Å². The second-order valence-electron chi connectivity index (χ2n) is 7.03. The summed E-state index contributed by atoms with van der Waals surface area (Å²) < 4.78 is 1.65. The number of anilines is 2. The molecule has 1 aliphatic carbocycles. The SMILES string of the molecule is CC(=O)C1CCNc2c(NC(=O)CCC(N)C(=O)O)cc3cc(O)c(=O)cc-3n21. The van der Waals surface area contributed by atoms with E-state index in [0.717, 1.165) is 0 Å². The molecule has 0 aromatic carbocycles. The average Bonchev–Trinajstić information content (AvgIpc) is 2.67. The topological polar surface area (TPSA) is 164 Å². The van der Waals surface area contributed by atoms with Gasteiger partial charge in [0.25, 0.3) is 0 Å². The number of hydrogen-bond acceptors (Lipinski definition) is 7. The van der Waals surface area contributed by atoms with Crippen molar-refractivity contribution in [2.24, 2.45) is 5.73 Å². The van der Waals surface area contributed by atoms with Crippen molar-refractivity contribution in [2.45, 2.75) is 38.3 Å². The van der Waals surface area contributed by atoms with Crippen molar-refractivity contribution in [1.29, 1.82) is 0 Å². The summed E-state index contributed by atoms with van der Waals surface area (Å²) in [4.78, 5) is 47.3. The molecule has 0 bridgehead atoms. The third-order valence-corrected chi connectivity index (χ3v) is 4.93. The van der Waals surface area contributed by atoms with Gasteiger partial charge in [-0.15, -0.1) is 0 Å². The highest BCUT2D eigenvalue weighted by molar-refractivity contribution is 5.96. The normalized spacial score (nSPS) is 16.6. The van der Waals surface area contributed by atoms with E-state index < -0.39 is 35.1 Å². The summed E-state index contributed by atoms with van der Waals surface area (Å²) >= 11 is 0. The Labute approximate surface area is 165 Å². The predicted molar refractivity (Wildman–Crippen MR) is 105 cm³/mol. The number of amides is 1. The summed E-state index contributed by atoms with van der Waals surface area (Å²) in [5.74, 6) is -1.71. The monoisotopic (exact) mass is 402 g/mol. The molecule has 0 saturated heterocycles. The molecule has 0 aromatic heterocycles. The molecule has 0 spiro atoms. The zero-order chi connectivity index (χ0) is 21.3. The number of rotatable bonds is 6. The van der Waals surface area contributed by atoms with Crippen LogP contribution in [-0.2, 0) is 14.4 Å². The Bertz CT molecular complexity index is 1010. The van der Waals surface area contributed by atoms with Crippen LogP contribution in [0.3, 0.4) is 0 Å². The van der Waals surface area contributed by atoms with Gasteiger partial charge in [0.2, 0.25) is 11.3 Å². The van der Waals surface area contributed by atoms with Gasteiger partial charge < -0.3 is 31.1 Å². The minimum absolute atomic E-state index is 0.0338. The summed E-state index contributed by atoms with van der Waals surface area (Å²) in [6.45, 7) is 1.94. The van der Waals surface area contributed by atoms with E-state index in [0.29, 0.717) is 35.7 Å². The number of carboxylic acids is 1. The molecular formula is C19H22N4O6. The van der Waals surface area contributed by atoms with Crippen molar-refractivity contribution in [3.05, 3.63) is 28.4 Å². The van der Waals surface area contributed by atoms with E-state index in [1.54, 1.807) is 10.6 Å².